The number of aromatic nitrogens is 2. The lowest BCUT2D eigenvalue weighted by atomic mass is 9.93. The lowest BCUT2D eigenvalue weighted by molar-refractivity contribution is 0.444. The van der Waals surface area contributed by atoms with Gasteiger partial charge >= 0.3 is 0 Å². The summed E-state index contributed by atoms with van der Waals surface area (Å²) in [6.07, 6.45) is 3.69. The average molecular weight is 214 g/mol. The van der Waals surface area contributed by atoms with Gasteiger partial charge in [-0.25, -0.2) is 9.97 Å². The van der Waals surface area contributed by atoms with Crippen LogP contribution in [-0.4, -0.2) is 16.0 Å². The van der Waals surface area contributed by atoms with Gasteiger partial charge in [-0.1, -0.05) is 12.1 Å². The molecule has 1 heterocycles. The molecule has 0 amide bonds. The third kappa shape index (κ3) is 1.56. The Morgan fingerprint density at radius 3 is 2.44 bits per heavy atom. The Labute approximate surface area is 93.9 Å². The van der Waals surface area contributed by atoms with Crippen molar-refractivity contribution in [1.29, 1.82) is 0 Å². The second kappa shape index (κ2) is 3.63. The molecule has 1 aromatic heterocycles. The van der Waals surface area contributed by atoms with E-state index in [4.69, 9.17) is 5.73 Å². The molecule has 0 saturated heterocycles. The fourth-order valence-electron chi connectivity index (χ4n) is 1.87. The van der Waals surface area contributed by atoms with Crippen LogP contribution in [0.25, 0.3) is 11.0 Å². The van der Waals surface area contributed by atoms with E-state index in [-0.39, 0.29) is 0 Å². The highest BCUT2D eigenvalue weighted by Crippen LogP contribution is 2.25. The van der Waals surface area contributed by atoms with E-state index in [1.165, 1.54) is 19.3 Å². The van der Waals surface area contributed by atoms with Crippen LogP contribution in [0, 0.1) is 0 Å². The van der Waals surface area contributed by atoms with Crippen molar-refractivity contribution in [2.24, 2.45) is 0 Å². The van der Waals surface area contributed by atoms with Crippen molar-refractivity contribution in [3.63, 3.8) is 0 Å². The first-order valence-corrected chi connectivity index (χ1v) is 5.62. The average Bonchev–Trinajstić information content (AvgIpc) is 2.23. The number of nitrogens with zero attached hydrogens (tertiary/aromatic N) is 2. The molecule has 16 heavy (non-hydrogen) atoms. The Morgan fingerprint density at radius 2 is 1.81 bits per heavy atom. The van der Waals surface area contributed by atoms with Gasteiger partial charge < -0.3 is 11.1 Å². The number of rotatable bonds is 2. The Morgan fingerprint density at radius 1 is 1.12 bits per heavy atom. The van der Waals surface area contributed by atoms with Gasteiger partial charge in [-0.05, 0) is 31.4 Å². The molecule has 0 unspecified atom stereocenters. The quantitative estimate of drug-likeness (QED) is 0.804. The Bertz CT molecular complexity index is 519. The topological polar surface area (TPSA) is 63.8 Å². The largest absolute Gasteiger partial charge is 0.381 e. The van der Waals surface area contributed by atoms with Crippen molar-refractivity contribution in [3.05, 3.63) is 24.3 Å². The number of nitrogens with two attached hydrogens (primary N) is 1. The van der Waals surface area contributed by atoms with E-state index >= 15 is 0 Å². The standard InChI is InChI=1S/C12H14N4/c13-11-12(14-8-4-3-5-8)16-10-7-2-1-6-9(10)15-11/h1-2,6-8H,3-5H2,(H2,13,15)(H,14,16). The lowest BCUT2D eigenvalue weighted by Gasteiger charge is -2.27. The van der Waals surface area contributed by atoms with Gasteiger partial charge in [0.25, 0.3) is 0 Å². The van der Waals surface area contributed by atoms with Crippen LogP contribution in [0.1, 0.15) is 19.3 Å². The molecule has 1 aliphatic rings. The van der Waals surface area contributed by atoms with E-state index in [1.54, 1.807) is 0 Å². The van der Waals surface area contributed by atoms with Gasteiger partial charge in [0, 0.05) is 6.04 Å². The molecule has 1 aromatic carbocycles. The molecule has 82 valence electrons. The molecule has 0 spiro atoms. The fraction of sp³-hybridized carbons (Fsp3) is 0.333. The number of benzene rings is 1. The van der Waals surface area contributed by atoms with Crippen molar-refractivity contribution >= 4 is 22.7 Å². The summed E-state index contributed by atoms with van der Waals surface area (Å²) >= 11 is 0. The second-order valence-corrected chi connectivity index (χ2v) is 4.22. The molecule has 3 N–H and O–H groups in total. The van der Waals surface area contributed by atoms with E-state index < -0.39 is 0 Å². The maximum absolute atomic E-state index is 5.88. The zero-order valence-corrected chi connectivity index (χ0v) is 8.98. The summed E-state index contributed by atoms with van der Waals surface area (Å²) in [5.74, 6) is 1.22. The lowest BCUT2D eigenvalue weighted by Crippen LogP contribution is -2.28. The van der Waals surface area contributed by atoms with Crippen molar-refractivity contribution in [3.8, 4) is 0 Å². The zero-order chi connectivity index (χ0) is 11.0. The maximum Gasteiger partial charge on any atom is 0.169 e. The van der Waals surface area contributed by atoms with Crippen LogP contribution in [0.4, 0.5) is 11.6 Å². The molecule has 4 nitrogen and oxygen atoms in total. The van der Waals surface area contributed by atoms with Crippen molar-refractivity contribution in [1.82, 2.24) is 9.97 Å². The smallest absolute Gasteiger partial charge is 0.169 e. The van der Waals surface area contributed by atoms with Gasteiger partial charge in [0.05, 0.1) is 11.0 Å². The summed E-state index contributed by atoms with van der Waals surface area (Å²) in [6.45, 7) is 0. The third-order valence-corrected chi connectivity index (χ3v) is 3.04. The molecular formula is C12H14N4. The highest BCUT2D eigenvalue weighted by Gasteiger charge is 2.18. The Kier molecular flexibility index (Phi) is 2.13. The van der Waals surface area contributed by atoms with E-state index in [2.05, 4.69) is 15.3 Å². The number of fused-ring (bicyclic) bond motifs is 1. The van der Waals surface area contributed by atoms with Gasteiger partial charge in [-0.15, -0.1) is 0 Å². The minimum atomic E-state index is 0.491. The maximum atomic E-state index is 5.88. The van der Waals surface area contributed by atoms with Crippen molar-refractivity contribution in [2.75, 3.05) is 11.1 Å². The summed E-state index contributed by atoms with van der Waals surface area (Å²) in [4.78, 5) is 8.84. The number of hydrogen-bond acceptors (Lipinski definition) is 4. The predicted molar refractivity (Wildman–Crippen MR) is 65.2 cm³/mol. The first-order chi connectivity index (χ1) is 7.83. The monoisotopic (exact) mass is 214 g/mol. The number of hydrogen-bond donors (Lipinski definition) is 2. The second-order valence-electron chi connectivity index (χ2n) is 4.22. The number of nitrogens with one attached hydrogen (secondary N) is 1. The molecule has 3 rings (SSSR count). The molecule has 1 aliphatic carbocycles. The molecule has 0 radical (unpaired) electrons. The van der Waals surface area contributed by atoms with Gasteiger partial charge in [0.2, 0.25) is 0 Å². The Hall–Kier alpha value is -1.84. The molecule has 1 fully saturated rings. The van der Waals surface area contributed by atoms with E-state index in [1.807, 2.05) is 24.3 Å². The van der Waals surface area contributed by atoms with E-state index in [0.717, 1.165) is 16.9 Å². The van der Waals surface area contributed by atoms with E-state index in [0.29, 0.717) is 11.9 Å². The van der Waals surface area contributed by atoms with E-state index in [9.17, 15) is 0 Å². The van der Waals surface area contributed by atoms with Crippen LogP contribution in [0.2, 0.25) is 0 Å². The van der Waals surface area contributed by atoms with Crippen LogP contribution in [0.3, 0.4) is 0 Å². The van der Waals surface area contributed by atoms with Gasteiger partial charge in [0.15, 0.2) is 11.6 Å². The molecule has 0 bridgehead atoms. The van der Waals surface area contributed by atoms with Gasteiger partial charge in [-0.3, -0.25) is 0 Å². The molecule has 0 aliphatic heterocycles. The number of nitrogen functional groups attached to an aromatic ring is 1. The first-order valence-electron chi connectivity index (χ1n) is 5.62. The number of anilines is 2. The summed E-state index contributed by atoms with van der Waals surface area (Å²) in [6, 6.07) is 8.30. The number of para-hydroxylation sites is 2. The van der Waals surface area contributed by atoms with Crippen LogP contribution in [0.5, 0.6) is 0 Å². The molecule has 0 atom stereocenters. The summed E-state index contributed by atoms with van der Waals surface area (Å²) in [7, 11) is 0. The van der Waals surface area contributed by atoms with Crippen molar-refractivity contribution < 1.29 is 0 Å². The first kappa shape index (κ1) is 9.39. The SMILES string of the molecule is Nc1nc2ccccc2nc1NC1CCC1. The molecule has 4 heteroatoms. The highest BCUT2D eigenvalue weighted by molar-refractivity contribution is 5.79. The normalized spacial score (nSPS) is 16.0. The van der Waals surface area contributed by atoms with Crippen LogP contribution in [0.15, 0.2) is 24.3 Å². The molecular weight excluding hydrogens is 200 g/mol. The summed E-state index contributed by atoms with van der Waals surface area (Å²) in [5.41, 5.74) is 7.61. The van der Waals surface area contributed by atoms with Crippen LogP contribution in [-0.2, 0) is 0 Å². The van der Waals surface area contributed by atoms with Crippen molar-refractivity contribution in [2.45, 2.75) is 25.3 Å². The predicted octanol–water partition coefficient (Wildman–Crippen LogP) is 2.18. The zero-order valence-electron chi connectivity index (χ0n) is 8.98. The highest BCUT2D eigenvalue weighted by atomic mass is 15.1. The third-order valence-electron chi connectivity index (χ3n) is 3.04. The van der Waals surface area contributed by atoms with Crippen LogP contribution >= 0.6 is 0 Å². The summed E-state index contributed by atoms with van der Waals surface area (Å²) in [5, 5.41) is 3.34. The Balaban J connectivity index is 1.99. The fourth-order valence-corrected chi connectivity index (χ4v) is 1.87. The molecule has 2 aromatic rings. The minimum Gasteiger partial charge on any atom is -0.381 e. The van der Waals surface area contributed by atoms with Crippen LogP contribution < -0.4 is 11.1 Å². The summed E-state index contributed by atoms with van der Waals surface area (Å²) < 4.78 is 0. The van der Waals surface area contributed by atoms with Gasteiger partial charge in [-0.2, -0.15) is 0 Å². The van der Waals surface area contributed by atoms with Gasteiger partial charge in [0.1, 0.15) is 0 Å². The minimum absolute atomic E-state index is 0.491. The molecule has 1 saturated carbocycles.